The largest absolute Gasteiger partial charge is 0.460 e. The minimum Gasteiger partial charge on any atom is -0.460 e. The average Bonchev–Trinajstić information content (AvgIpc) is 2.84. The van der Waals surface area contributed by atoms with Gasteiger partial charge >= 0.3 is 0 Å². The van der Waals surface area contributed by atoms with Crippen molar-refractivity contribution in [3.05, 3.63) is 47.7 Å². The molecular weight excluding hydrogens is 246 g/mol. The highest BCUT2D eigenvalue weighted by Gasteiger charge is 2.13. The fourth-order valence-corrected chi connectivity index (χ4v) is 2.07. The van der Waals surface area contributed by atoms with Crippen LogP contribution in [-0.4, -0.2) is 6.04 Å². The molecule has 2 nitrogen and oxygen atoms in total. The van der Waals surface area contributed by atoms with Gasteiger partial charge in [-0.25, -0.2) is 0 Å². The lowest BCUT2D eigenvalue weighted by Gasteiger charge is -2.18. The summed E-state index contributed by atoms with van der Waals surface area (Å²) < 4.78 is 5.88. The third kappa shape index (κ3) is 3.73. The van der Waals surface area contributed by atoms with Crippen LogP contribution in [0, 0.1) is 0 Å². The molecule has 0 aliphatic rings. The molecule has 1 aromatic carbocycles. The van der Waals surface area contributed by atoms with Crippen LogP contribution in [0.2, 0.25) is 0 Å². The quantitative estimate of drug-likeness (QED) is 0.868. The van der Waals surface area contributed by atoms with E-state index in [1.165, 1.54) is 5.56 Å². The van der Waals surface area contributed by atoms with Crippen molar-refractivity contribution in [1.29, 1.82) is 0 Å². The Morgan fingerprint density at radius 2 is 1.65 bits per heavy atom. The van der Waals surface area contributed by atoms with Gasteiger partial charge in [-0.15, -0.1) is 0 Å². The number of hydrogen-bond donors (Lipinski definition) is 1. The van der Waals surface area contributed by atoms with Crippen LogP contribution < -0.4 is 5.32 Å². The van der Waals surface area contributed by atoms with Crippen LogP contribution in [0.5, 0.6) is 0 Å². The molecule has 0 bridgehead atoms. The van der Waals surface area contributed by atoms with E-state index in [1.54, 1.807) is 0 Å². The predicted octanol–water partition coefficient (Wildman–Crippen LogP) is 4.74. The van der Waals surface area contributed by atoms with E-state index < -0.39 is 0 Å². The van der Waals surface area contributed by atoms with Gasteiger partial charge in [-0.3, -0.25) is 0 Å². The molecule has 2 aromatic rings. The molecule has 1 N–H and O–H groups in total. The maximum absolute atomic E-state index is 5.88. The molecule has 2 heteroatoms. The van der Waals surface area contributed by atoms with Crippen molar-refractivity contribution in [2.75, 3.05) is 0 Å². The molecule has 0 saturated heterocycles. The van der Waals surface area contributed by atoms with Crippen molar-refractivity contribution in [2.45, 2.75) is 52.6 Å². The summed E-state index contributed by atoms with van der Waals surface area (Å²) in [6.07, 6.45) is 0. The third-order valence-corrected chi connectivity index (χ3v) is 3.38. The normalized spacial score (nSPS) is 12.1. The van der Waals surface area contributed by atoms with Gasteiger partial charge in [0.25, 0.3) is 0 Å². The van der Waals surface area contributed by atoms with Gasteiger partial charge in [0, 0.05) is 11.6 Å². The van der Waals surface area contributed by atoms with Gasteiger partial charge in [-0.05, 0) is 23.1 Å². The van der Waals surface area contributed by atoms with Gasteiger partial charge in [-0.2, -0.15) is 0 Å². The molecule has 108 valence electrons. The second-order valence-corrected chi connectivity index (χ2v) is 6.63. The van der Waals surface area contributed by atoms with Gasteiger partial charge in [0.1, 0.15) is 11.5 Å². The van der Waals surface area contributed by atoms with Crippen molar-refractivity contribution in [1.82, 2.24) is 5.32 Å². The highest BCUT2D eigenvalue weighted by molar-refractivity contribution is 5.58. The Kier molecular flexibility index (Phi) is 4.34. The van der Waals surface area contributed by atoms with Crippen molar-refractivity contribution < 1.29 is 4.42 Å². The fourth-order valence-electron chi connectivity index (χ4n) is 2.07. The molecule has 1 heterocycles. The first-order valence-electron chi connectivity index (χ1n) is 7.29. The van der Waals surface area contributed by atoms with Crippen molar-refractivity contribution in [3.8, 4) is 11.3 Å². The molecule has 0 amide bonds. The molecule has 0 fully saturated rings. The lowest BCUT2D eigenvalue weighted by atomic mass is 9.86. The summed E-state index contributed by atoms with van der Waals surface area (Å²) in [7, 11) is 0. The van der Waals surface area contributed by atoms with Gasteiger partial charge in [-0.1, -0.05) is 58.9 Å². The molecular formula is C18H25NO. The SMILES string of the molecule is CC(C)NCc1ccc(-c2ccc(C(C)(C)C)cc2)o1. The average molecular weight is 271 g/mol. The van der Waals surface area contributed by atoms with Crippen LogP contribution in [0.25, 0.3) is 11.3 Å². The summed E-state index contributed by atoms with van der Waals surface area (Å²) in [6.45, 7) is 11.7. The van der Waals surface area contributed by atoms with Crippen LogP contribution in [0.3, 0.4) is 0 Å². The third-order valence-electron chi connectivity index (χ3n) is 3.38. The minimum absolute atomic E-state index is 0.189. The maximum atomic E-state index is 5.88. The van der Waals surface area contributed by atoms with E-state index in [2.05, 4.69) is 64.2 Å². The molecule has 0 spiro atoms. The van der Waals surface area contributed by atoms with E-state index in [9.17, 15) is 0 Å². The van der Waals surface area contributed by atoms with E-state index in [0.717, 1.165) is 23.6 Å². The Labute approximate surface area is 122 Å². The summed E-state index contributed by atoms with van der Waals surface area (Å²) >= 11 is 0. The topological polar surface area (TPSA) is 25.2 Å². The summed E-state index contributed by atoms with van der Waals surface area (Å²) in [5, 5.41) is 3.36. The Morgan fingerprint density at radius 1 is 1.00 bits per heavy atom. The molecule has 0 saturated carbocycles. The maximum Gasteiger partial charge on any atom is 0.134 e. The molecule has 0 unspecified atom stereocenters. The van der Waals surface area contributed by atoms with E-state index in [0.29, 0.717) is 6.04 Å². The Balaban J connectivity index is 2.12. The second-order valence-electron chi connectivity index (χ2n) is 6.63. The predicted molar refractivity (Wildman–Crippen MR) is 84.8 cm³/mol. The highest BCUT2D eigenvalue weighted by Crippen LogP contribution is 2.27. The van der Waals surface area contributed by atoms with E-state index >= 15 is 0 Å². The first kappa shape index (κ1) is 14.9. The zero-order valence-electron chi connectivity index (χ0n) is 13.2. The Bertz CT molecular complexity index is 544. The first-order chi connectivity index (χ1) is 9.36. The first-order valence-corrected chi connectivity index (χ1v) is 7.29. The van der Waals surface area contributed by atoms with Gasteiger partial charge in [0.15, 0.2) is 0 Å². The van der Waals surface area contributed by atoms with Gasteiger partial charge in [0.2, 0.25) is 0 Å². The fraction of sp³-hybridized carbons (Fsp3) is 0.444. The summed E-state index contributed by atoms with van der Waals surface area (Å²) in [5.41, 5.74) is 2.66. The van der Waals surface area contributed by atoms with Crippen LogP contribution in [-0.2, 0) is 12.0 Å². The van der Waals surface area contributed by atoms with Crippen molar-refractivity contribution >= 4 is 0 Å². The van der Waals surface area contributed by atoms with Crippen LogP contribution in [0.15, 0.2) is 40.8 Å². The summed E-state index contributed by atoms with van der Waals surface area (Å²) in [6, 6.07) is 13.2. The zero-order valence-corrected chi connectivity index (χ0v) is 13.2. The number of benzene rings is 1. The monoisotopic (exact) mass is 271 g/mol. The minimum atomic E-state index is 0.189. The second kappa shape index (κ2) is 5.84. The van der Waals surface area contributed by atoms with Crippen LogP contribution in [0.1, 0.15) is 45.9 Å². The number of furan rings is 1. The molecule has 0 aliphatic carbocycles. The molecule has 0 atom stereocenters. The van der Waals surface area contributed by atoms with E-state index in [4.69, 9.17) is 4.42 Å². The number of hydrogen-bond acceptors (Lipinski definition) is 2. The van der Waals surface area contributed by atoms with Gasteiger partial charge in [0.05, 0.1) is 6.54 Å². The van der Waals surface area contributed by atoms with Gasteiger partial charge < -0.3 is 9.73 Å². The molecule has 20 heavy (non-hydrogen) atoms. The molecule has 2 rings (SSSR count). The Hall–Kier alpha value is -1.54. The van der Waals surface area contributed by atoms with Crippen molar-refractivity contribution in [2.24, 2.45) is 0 Å². The lowest BCUT2D eigenvalue weighted by molar-refractivity contribution is 0.473. The summed E-state index contributed by atoms with van der Waals surface area (Å²) in [4.78, 5) is 0. The van der Waals surface area contributed by atoms with Crippen LogP contribution >= 0.6 is 0 Å². The molecule has 0 aliphatic heterocycles. The number of nitrogens with one attached hydrogen (secondary N) is 1. The summed E-state index contributed by atoms with van der Waals surface area (Å²) in [5.74, 6) is 1.92. The van der Waals surface area contributed by atoms with E-state index in [1.807, 2.05) is 12.1 Å². The Morgan fingerprint density at radius 3 is 2.20 bits per heavy atom. The highest BCUT2D eigenvalue weighted by atomic mass is 16.3. The van der Waals surface area contributed by atoms with E-state index in [-0.39, 0.29) is 5.41 Å². The smallest absolute Gasteiger partial charge is 0.134 e. The number of rotatable bonds is 4. The standard InChI is InChI=1S/C18H25NO/c1-13(2)19-12-16-10-11-17(20-16)14-6-8-15(9-7-14)18(3,4)5/h6-11,13,19H,12H2,1-5H3. The van der Waals surface area contributed by atoms with Crippen LogP contribution in [0.4, 0.5) is 0 Å². The molecule has 0 radical (unpaired) electrons. The molecule has 1 aromatic heterocycles. The lowest BCUT2D eigenvalue weighted by Crippen LogP contribution is -2.21. The zero-order chi connectivity index (χ0) is 14.8. The van der Waals surface area contributed by atoms with Crippen molar-refractivity contribution in [3.63, 3.8) is 0 Å².